The van der Waals surface area contributed by atoms with Crippen LogP contribution in [0, 0.1) is 11.8 Å². The van der Waals surface area contributed by atoms with Crippen LogP contribution in [0.5, 0.6) is 0 Å². The molecule has 0 unspecified atom stereocenters. The Hall–Kier alpha value is -3.85. The van der Waals surface area contributed by atoms with Crippen LogP contribution in [0.25, 0.3) is 0 Å². The molecule has 196 valence electrons. The zero-order chi connectivity index (χ0) is 27.6. The molecule has 3 atom stereocenters. The Morgan fingerprint density at radius 2 is 1.54 bits per heavy atom. The van der Waals surface area contributed by atoms with Gasteiger partial charge in [0.25, 0.3) is 0 Å². The van der Waals surface area contributed by atoms with Crippen LogP contribution in [0.3, 0.4) is 0 Å². The van der Waals surface area contributed by atoms with Crippen LogP contribution < -0.4 is 4.90 Å². The number of ether oxygens (including phenoxy) is 2. The van der Waals surface area contributed by atoms with Crippen LogP contribution in [0.1, 0.15) is 49.7 Å². The van der Waals surface area contributed by atoms with Crippen molar-refractivity contribution in [3.8, 4) is 0 Å². The quantitative estimate of drug-likeness (QED) is 0.253. The molecule has 3 aromatic carbocycles. The highest BCUT2D eigenvalue weighted by atomic mass is 35.5. The van der Waals surface area contributed by atoms with Gasteiger partial charge in [0.2, 0.25) is 29.0 Å². The van der Waals surface area contributed by atoms with Gasteiger partial charge in [-0.25, -0.2) is 9.69 Å². The normalized spacial score (nSPS) is 22.9. The van der Waals surface area contributed by atoms with Gasteiger partial charge in [-0.1, -0.05) is 53.5 Å². The highest BCUT2D eigenvalue weighted by Gasteiger charge is 2.74. The fourth-order valence-corrected chi connectivity index (χ4v) is 6.03. The lowest BCUT2D eigenvalue weighted by atomic mass is 9.77. The Labute approximate surface area is 232 Å². The summed E-state index contributed by atoms with van der Waals surface area (Å²) >= 11 is 12.3. The average Bonchev–Trinajstić information content (AvgIpc) is 3.50. The number of benzene rings is 3. The molecule has 1 spiro atoms. The third-order valence-corrected chi connectivity index (χ3v) is 8.17. The van der Waals surface area contributed by atoms with Crippen molar-refractivity contribution in [2.75, 3.05) is 11.5 Å². The van der Waals surface area contributed by atoms with E-state index in [-0.39, 0.29) is 39.0 Å². The van der Waals surface area contributed by atoms with Crippen molar-refractivity contribution < 1.29 is 33.4 Å². The van der Waals surface area contributed by atoms with Gasteiger partial charge in [0.1, 0.15) is 0 Å². The standard InChI is InChI=1S/C29H19Cl2NO7/c1-2-38-28(37)14-7-10-16(11-8-14)32-26(35)21-22(27(32)36)29(24(33)17-5-3-4-6-18(17)25(29)34)39-23(21)15-9-12-19(30)20(31)13-15/h3-13,21-23H,2H2,1H3/t21-,22-,23-/m0/s1. The number of amides is 2. The van der Waals surface area contributed by atoms with Crippen LogP contribution >= 0.6 is 23.2 Å². The first-order valence-corrected chi connectivity index (χ1v) is 12.9. The Morgan fingerprint density at radius 1 is 0.897 bits per heavy atom. The highest BCUT2D eigenvalue weighted by Crippen LogP contribution is 2.58. The number of halogens is 2. The summed E-state index contributed by atoms with van der Waals surface area (Å²) < 4.78 is 11.2. The SMILES string of the molecule is CCOC(=O)c1ccc(N2C(=O)[C@H]3[C@@H](C2=O)C2(O[C@H]3c3ccc(Cl)c(Cl)c3)C(=O)c3ccccc3C2=O)cc1. The fourth-order valence-electron chi connectivity index (χ4n) is 5.72. The van der Waals surface area contributed by atoms with Crippen LogP contribution in [0.2, 0.25) is 10.0 Å². The largest absolute Gasteiger partial charge is 0.462 e. The number of carbonyl (C=O) groups is 5. The Bertz CT molecular complexity index is 1560. The van der Waals surface area contributed by atoms with Crippen molar-refractivity contribution in [1.82, 2.24) is 0 Å². The first kappa shape index (κ1) is 25.4. The van der Waals surface area contributed by atoms with Gasteiger partial charge in [0.05, 0.1) is 45.8 Å². The van der Waals surface area contributed by atoms with E-state index in [1.807, 2.05) is 0 Å². The zero-order valence-electron chi connectivity index (χ0n) is 20.4. The van der Waals surface area contributed by atoms with Crippen LogP contribution in [0.15, 0.2) is 66.7 Å². The summed E-state index contributed by atoms with van der Waals surface area (Å²) in [6.07, 6.45) is -1.13. The molecule has 0 radical (unpaired) electrons. The van der Waals surface area contributed by atoms with E-state index in [0.717, 1.165) is 4.90 Å². The van der Waals surface area contributed by atoms with Gasteiger partial charge in [-0.05, 0) is 48.9 Å². The summed E-state index contributed by atoms with van der Waals surface area (Å²) in [6.45, 7) is 1.87. The molecule has 0 bridgehead atoms. The number of nitrogens with zero attached hydrogens (tertiary/aromatic N) is 1. The highest BCUT2D eigenvalue weighted by molar-refractivity contribution is 6.42. The molecule has 3 aliphatic rings. The second-order valence-electron chi connectivity index (χ2n) is 9.43. The lowest BCUT2D eigenvalue weighted by Gasteiger charge is -2.27. The summed E-state index contributed by atoms with van der Waals surface area (Å²) in [5.41, 5.74) is -1.12. The van der Waals surface area contributed by atoms with E-state index in [1.165, 1.54) is 48.5 Å². The minimum Gasteiger partial charge on any atom is -0.462 e. The molecule has 10 heteroatoms. The minimum absolute atomic E-state index is 0.133. The van der Waals surface area contributed by atoms with E-state index in [4.69, 9.17) is 32.7 Å². The van der Waals surface area contributed by atoms with E-state index in [0.29, 0.717) is 5.56 Å². The molecule has 0 N–H and O–H groups in total. The van der Waals surface area contributed by atoms with E-state index < -0.39 is 52.9 Å². The first-order chi connectivity index (χ1) is 18.7. The molecule has 8 nitrogen and oxygen atoms in total. The molecule has 2 heterocycles. The van der Waals surface area contributed by atoms with E-state index in [9.17, 15) is 24.0 Å². The number of rotatable bonds is 4. The summed E-state index contributed by atoms with van der Waals surface area (Å²) in [5, 5.41) is 0.452. The number of ketones is 2. The molecular formula is C29H19Cl2NO7. The molecule has 3 aromatic rings. The summed E-state index contributed by atoms with van der Waals surface area (Å²) in [6, 6.07) is 16.6. The topological polar surface area (TPSA) is 107 Å². The smallest absolute Gasteiger partial charge is 0.338 e. The van der Waals surface area contributed by atoms with Gasteiger partial charge in [-0.3, -0.25) is 19.2 Å². The molecule has 0 aromatic heterocycles. The number of fused-ring (bicyclic) bond motifs is 3. The van der Waals surface area contributed by atoms with Crippen molar-refractivity contribution in [1.29, 1.82) is 0 Å². The number of hydrogen-bond acceptors (Lipinski definition) is 7. The molecule has 6 rings (SSSR count). The van der Waals surface area contributed by atoms with Crippen molar-refractivity contribution in [2.45, 2.75) is 18.6 Å². The second-order valence-corrected chi connectivity index (χ2v) is 10.2. The van der Waals surface area contributed by atoms with Crippen molar-refractivity contribution >= 4 is 58.2 Å². The number of imide groups is 1. The third-order valence-electron chi connectivity index (χ3n) is 7.43. The van der Waals surface area contributed by atoms with Crippen LogP contribution in [-0.2, 0) is 19.1 Å². The number of hydrogen-bond donors (Lipinski definition) is 0. The molecule has 2 aliphatic heterocycles. The molecular weight excluding hydrogens is 545 g/mol. The summed E-state index contributed by atoms with van der Waals surface area (Å²) in [5.74, 6) is -5.87. The number of Topliss-reactive ketones (excluding diaryl/α,β-unsaturated/α-hetero) is 2. The molecule has 2 amide bonds. The van der Waals surface area contributed by atoms with Gasteiger partial charge < -0.3 is 9.47 Å². The Morgan fingerprint density at radius 3 is 2.13 bits per heavy atom. The minimum atomic E-state index is -2.21. The first-order valence-electron chi connectivity index (χ1n) is 12.2. The van der Waals surface area contributed by atoms with Crippen LogP contribution in [-0.4, -0.2) is 41.6 Å². The van der Waals surface area contributed by atoms with E-state index in [1.54, 1.807) is 25.1 Å². The molecule has 0 saturated carbocycles. The fraction of sp³-hybridized carbons (Fsp3) is 0.207. The average molecular weight is 564 g/mol. The van der Waals surface area contributed by atoms with Gasteiger partial charge in [0.15, 0.2) is 0 Å². The molecule has 39 heavy (non-hydrogen) atoms. The maximum atomic E-state index is 14.0. The summed E-state index contributed by atoms with van der Waals surface area (Å²) in [7, 11) is 0. The van der Waals surface area contributed by atoms with E-state index in [2.05, 4.69) is 0 Å². The lowest BCUT2D eigenvalue weighted by Crippen LogP contribution is -2.51. The van der Waals surface area contributed by atoms with Gasteiger partial charge in [-0.2, -0.15) is 0 Å². The predicted molar refractivity (Wildman–Crippen MR) is 140 cm³/mol. The maximum absolute atomic E-state index is 14.0. The van der Waals surface area contributed by atoms with Gasteiger partial charge >= 0.3 is 5.97 Å². The van der Waals surface area contributed by atoms with Crippen molar-refractivity contribution in [2.24, 2.45) is 11.8 Å². The summed E-state index contributed by atoms with van der Waals surface area (Å²) in [4.78, 5) is 68.6. The van der Waals surface area contributed by atoms with Crippen molar-refractivity contribution in [3.05, 3.63) is 99.0 Å². The molecule has 1 aliphatic carbocycles. The van der Waals surface area contributed by atoms with Crippen molar-refractivity contribution in [3.63, 3.8) is 0 Å². The van der Waals surface area contributed by atoms with Gasteiger partial charge in [-0.15, -0.1) is 0 Å². The number of esters is 1. The number of anilines is 1. The maximum Gasteiger partial charge on any atom is 0.338 e. The Kier molecular flexibility index (Phi) is 5.95. The third kappa shape index (κ3) is 3.52. The van der Waals surface area contributed by atoms with E-state index >= 15 is 0 Å². The lowest BCUT2D eigenvalue weighted by molar-refractivity contribution is -0.127. The monoisotopic (exact) mass is 563 g/mol. The van der Waals surface area contributed by atoms with Gasteiger partial charge in [0, 0.05) is 11.1 Å². The Balaban J connectivity index is 1.48. The predicted octanol–water partition coefficient (Wildman–Crippen LogP) is 4.87. The zero-order valence-corrected chi connectivity index (χ0v) is 21.9. The van der Waals surface area contributed by atoms with Crippen LogP contribution in [0.4, 0.5) is 5.69 Å². The number of carbonyl (C=O) groups excluding carboxylic acids is 5. The second kappa shape index (κ2) is 9.12. The molecule has 2 saturated heterocycles. The molecule has 2 fully saturated rings.